The second kappa shape index (κ2) is 5.38. The Hall–Kier alpha value is -2.24. The molecule has 4 rings (SSSR count). The van der Waals surface area contributed by atoms with E-state index in [0.29, 0.717) is 4.90 Å². The van der Waals surface area contributed by atoms with Crippen molar-refractivity contribution in [2.45, 2.75) is 37.1 Å². The molecule has 0 radical (unpaired) electrons. The lowest BCUT2D eigenvalue weighted by atomic mass is 9.84. The van der Waals surface area contributed by atoms with Gasteiger partial charge in [-0.15, -0.1) is 0 Å². The van der Waals surface area contributed by atoms with Gasteiger partial charge in [-0.1, -0.05) is 57.2 Å². The Morgan fingerprint density at radius 2 is 1.76 bits per heavy atom. The summed E-state index contributed by atoms with van der Waals surface area (Å²) in [7, 11) is -3.51. The normalized spacial score (nSPS) is 19.1. The van der Waals surface area contributed by atoms with Crippen molar-refractivity contribution in [1.82, 2.24) is 9.71 Å². The van der Waals surface area contributed by atoms with E-state index in [1.807, 2.05) is 42.5 Å². The molecule has 0 saturated carbocycles. The van der Waals surface area contributed by atoms with Gasteiger partial charge in [-0.3, -0.25) is 4.98 Å². The number of aromatic nitrogens is 1. The number of rotatable bonds is 1. The fraction of sp³-hybridized carbons (Fsp3) is 0.250. The molecule has 1 atom stereocenters. The molecule has 1 aromatic heterocycles. The van der Waals surface area contributed by atoms with Crippen LogP contribution in [0, 0.1) is 0 Å². The van der Waals surface area contributed by atoms with E-state index in [4.69, 9.17) is 0 Å². The summed E-state index contributed by atoms with van der Waals surface area (Å²) in [4.78, 5) is 4.84. The van der Waals surface area contributed by atoms with E-state index >= 15 is 0 Å². The molecule has 0 bridgehead atoms. The molecule has 1 aliphatic rings. The number of sulfonamides is 1. The second-order valence-electron chi connectivity index (χ2n) is 7.48. The Bertz CT molecular complexity index is 1080. The highest BCUT2D eigenvalue weighted by Gasteiger charge is 2.36. The first-order chi connectivity index (χ1) is 11.8. The van der Waals surface area contributed by atoms with Gasteiger partial charge in [0.25, 0.3) is 0 Å². The van der Waals surface area contributed by atoms with E-state index in [1.54, 1.807) is 12.3 Å². The summed E-state index contributed by atoms with van der Waals surface area (Å²) in [6, 6.07) is 15.0. The third kappa shape index (κ3) is 2.64. The number of hydrogen-bond acceptors (Lipinski definition) is 3. The van der Waals surface area contributed by atoms with Gasteiger partial charge in [0.15, 0.2) is 0 Å². The molecule has 25 heavy (non-hydrogen) atoms. The Labute approximate surface area is 148 Å². The van der Waals surface area contributed by atoms with Crippen molar-refractivity contribution < 1.29 is 8.42 Å². The fourth-order valence-corrected chi connectivity index (χ4v) is 4.78. The van der Waals surface area contributed by atoms with Gasteiger partial charge in [0.1, 0.15) is 0 Å². The zero-order valence-corrected chi connectivity index (χ0v) is 15.3. The Balaban J connectivity index is 1.97. The SMILES string of the molecule is CC(C)(C)c1ccc2c(c1)[C@@H](c1cccc3cccnc13)NS2(=O)=O. The maximum Gasteiger partial charge on any atom is 0.241 e. The van der Waals surface area contributed by atoms with Crippen molar-refractivity contribution in [3.63, 3.8) is 0 Å². The molecule has 2 heterocycles. The summed E-state index contributed by atoms with van der Waals surface area (Å²) in [5.74, 6) is 0. The minimum atomic E-state index is -3.51. The van der Waals surface area contributed by atoms with Crippen molar-refractivity contribution in [1.29, 1.82) is 0 Å². The standard InChI is InChI=1S/C20H20N2O2S/c1-20(2,3)14-9-10-17-16(12-14)19(22-25(17,23)24)15-8-4-6-13-7-5-11-21-18(13)15/h4-12,19,22H,1-3H3/t19-/m1/s1. The van der Waals surface area contributed by atoms with Crippen LogP contribution in [-0.4, -0.2) is 13.4 Å². The zero-order chi connectivity index (χ0) is 17.8. The van der Waals surface area contributed by atoms with Crippen LogP contribution < -0.4 is 4.72 Å². The predicted molar refractivity (Wildman–Crippen MR) is 99.0 cm³/mol. The molecule has 3 aromatic rings. The summed E-state index contributed by atoms with van der Waals surface area (Å²) in [5, 5.41) is 1.000. The lowest BCUT2D eigenvalue weighted by molar-refractivity contribution is 0.585. The zero-order valence-electron chi connectivity index (χ0n) is 14.4. The van der Waals surface area contributed by atoms with Crippen molar-refractivity contribution in [3.8, 4) is 0 Å². The molecular weight excluding hydrogens is 332 g/mol. The summed E-state index contributed by atoms with van der Waals surface area (Å²) >= 11 is 0. The van der Waals surface area contributed by atoms with Crippen LogP contribution in [0.5, 0.6) is 0 Å². The average molecular weight is 352 g/mol. The van der Waals surface area contributed by atoms with Gasteiger partial charge in [0.2, 0.25) is 10.0 Å². The Morgan fingerprint density at radius 1 is 1.00 bits per heavy atom. The van der Waals surface area contributed by atoms with Crippen LogP contribution in [0.25, 0.3) is 10.9 Å². The molecule has 1 N–H and O–H groups in total. The van der Waals surface area contributed by atoms with E-state index in [2.05, 4.69) is 30.5 Å². The topological polar surface area (TPSA) is 59.1 Å². The van der Waals surface area contributed by atoms with E-state index in [-0.39, 0.29) is 5.41 Å². The molecule has 5 heteroatoms. The molecule has 0 unspecified atom stereocenters. The lowest BCUT2D eigenvalue weighted by Crippen LogP contribution is -2.21. The van der Waals surface area contributed by atoms with Crippen LogP contribution >= 0.6 is 0 Å². The van der Waals surface area contributed by atoms with Crippen molar-refractivity contribution in [3.05, 3.63) is 71.4 Å². The third-order valence-corrected chi connectivity index (χ3v) is 6.22. The predicted octanol–water partition coefficient (Wildman–Crippen LogP) is 3.91. The third-order valence-electron chi connectivity index (χ3n) is 4.72. The summed E-state index contributed by atoms with van der Waals surface area (Å²) < 4.78 is 28.0. The molecule has 0 amide bonds. The highest BCUT2D eigenvalue weighted by molar-refractivity contribution is 7.89. The van der Waals surface area contributed by atoms with Gasteiger partial charge < -0.3 is 0 Å². The van der Waals surface area contributed by atoms with Crippen LogP contribution in [-0.2, 0) is 15.4 Å². The summed E-state index contributed by atoms with van der Waals surface area (Å²) in [5.41, 5.74) is 3.57. The minimum Gasteiger partial charge on any atom is -0.256 e. The number of nitrogens with one attached hydrogen (secondary N) is 1. The van der Waals surface area contributed by atoms with E-state index in [9.17, 15) is 8.42 Å². The molecule has 1 aliphatic heterocycles. The Morgan fingerprint density at radius 3 is 2.52 bits per heavy atom. The number of benzene rings is 2. The Kier molecular flexibility index (Phi) is 3.49. The number of hydrogen-bond donors (Lipinski definition) is 1. The first-order valence-corrected chi connectivity index (χ1v) is 9.76. The highest BCUT2D eigenvalue weighted by atomic mass is 32.2. The first-order valence-electron chi connectivity index (χ1n) is 8.28. The molecule has 0 aliphatic carbocycles. The number of fused-ring (bicyclic) bond motifs is 2. The van der Waals surface area contributed by atoms with Gasteiger partial charge in [-0.05, 0) is 28.7 Å². The van der Waals surface area contributed by atoms with Gasteiger partial charge in [-0.2, -0.15) is 4.72 Å². The molecule has 4 nitrogen and oxygen atoms in total. The number of para-hydroxylation sites is 1. The van der Waals surface area contributed by atoms with Crippen LogP contribution in [0.4, 0.5) is 0 Å². The van der Waals surface area contributed by atoms with Gasteiger partial charge >= 0.3 is 0 Å². The van der Waals surface area contributed by atoms with Gasteiger partial charge in [-0.25, -0.2) is 8.42 Å². The second-order valence-corrected chi connectivity index (χ2v) is 9.16. The maximum absolute atomic E-state index is 12.6. The van der Waals surface area contributed by atoms with Gasteiger partial charge in [0, 0.05) is 17.1 Å². The molecule has 2 aromatic carbocycles. The van der Waals surface area contributed by atoms with Crippen molar-refractivity contribution >= 4 is 20.9 Å². The fourth-order valence-electron chi connectivity index (χ4n) is 3.36. The van der Waals surface area contributed by atoms with E-state index < -0.39 is 16.1 Å². The summed E-state index contributed by atoms with van der Waals surface area (Å²) in [6.45, 7) is 6.38. The smallest absolute Gasteiger partial charge is 0.241 e. The van der Waals surface area contributed by atoms with Crippen LogP contribution in [0.1, 0.15) is 43.5 Å². The van der Waals surface area contributed by atoms with Crippen LogP contribution in [0.3, 0.4) is 0 Å². The number of nitrogens with zero attached hydrogens (tertiary/aromatic N) is 1. The van der Waals surface area contributed by atoms with E-state index in [0.717, 1.165) is 27.6 Å². The molecular formula is C20H20N2O2S. The maximum atomic E-state index is 12.6. The summed E-state index contributed by atoms with van der Waals surface area (Å²) in [6.07, 6.45) is 1.74. The van der Waals surface area contributed by atoms with E-state index in [1.165, 1.54) is 0 Å². The van der Waals surface area contributed by atoms with Gasteiger partial charge in [0.05, 0.1) is 16.5 Å². The minimum absolute atomic E-state index is 0.0526. The lowest BCUT2D eigenvalue weighted by Gasteiger charge is -2.21. The first kappa shape index (κ1) is 16.2. The van der Waals surface area contributed by atoms with Crippen LogP contribution in [0.15, 0.2) is 59.6 Å². The molecule has 0 spiro atoms. The highest BCUT2D eigenvalue weighted by Crippen LogP contribution is 2.39. The van der Waals surface area contributed by atoms with Crippen molar-refractivity contribution in [2.75, 3.05) is 0 Å². The largest absolute Gasteiger partial charge is 0.256 e. The molecule has 128 valence electrons. The molecule has 0 fully saturated rings. The van der Waals surface area contributed by atoms with Crippen molar-refractivity contribution in [2.24, 2.45) is 0 Å². The average Bonchev–Trinajstić information content (AvgIpc) is 2.84. The van der Waals surface area contributed by atoms with Crippen LogP contribution in [0.2, 0.25) is 0 Å². The monoisotopic (exact) mass is 352 g/mol. The quantitative estimate of drug-likeness (QED) is 0.722. The number of pyridine rings is 1. The molecule has 0 saturated heterocycles.